The van der Waals surface area contributed by atoms with E-state index in [0.29, 0.717) is 6.42 Å². The molecule has 0 aliphatic carbocycles. The molecule has 0 N–H and O–H groups in total. The summed E-state index contributed by atoms with van der Waals surface area (Å²) in [4.78, 5) is 17.2. The first kappa shape index (κ1) is 15.0. The van der Waals surface area contributed by atoms with E-state index in [2.05, 4.69) is 17.9 Å². The first-order valence-electron chi connectivity index (χ1n) is 7.21. The van der Waals surface area contributed by atoms with Gasteiger partial charge < -0.3 is 4.90 Å². The van der Waals surface area contributed by atoms with Gasteiger partial charge in [0.05, 0.1) is 6.07 Å². The van der Waals surface area contributed by atoms with Crippen molar-refractivity contribution in [1.29, 1.82) is 5.26 Å². The van der Waals surface area contributed by atoms with Gasteiger partial charge in [-0.1, -0.05) is 19.4 Å². The standard InChI is InChI=1S/C15H21N3OS/c1-2-3-6-15(19)18-9-7-17(8-10-18)13(12-16)14-5-4-11-20-14/h4-5,11,13H,2-3,6-10H2,1H3. The summed E-state index contributed by atoms with van der Waals surface area (Å²) >= 11 is 1.62. The lowest BCUT2D eigenvalue weighted by Crippen LogP contribution is -2.49. The molecule has 1 aliphatic rings. The molecule has 0 saturated carbocycles. The van der Waals surface area contributed by atoms with Crippen molar-refractivity contribution in [3.8, 4) is 6.07 Å². The lowest BCUT2D eigenvalue weighted by Gasteiger charge is -2.36. The fraction of sp³-hybridized carbons (Fsp3) is 0.600. The lowest BCUT2D eigenvalue weighted by atomic mass is 10.1. The number of hydrogen-bond donors (Lipinski definition) is 0. The van der Waals surface area contributed by atoms with E-state index in [9.17, 15) is 10.1 Å². The van der Waals surface area contributed by atoms with Crippen molar-refractivity contribution in [2.24, 2.45) is 0 Å². The summed E-state index contributed by atoms with van der Waals surface area (Å²) in [6.07, 6.45) is 2.68. The SMILES string of the molecule is CCCCC(=O)N1CCN(C(C#N)c2cccs2)CC1. The Hall–Kier alpha value is -1.38. The lowest BCUT2D eigenvalue weighted by molar-refractivity contribution is -0.133. The van der Waals surface area contributed by atoms with Gasteiger partial charge in [-0.05, 0) is 17.9 Å². The summed E-state index contributed by atoms with van der Waals surface area (Å²) < 4.78 is 0. The van der Waals surface area contributed by atoms with Crippen LogP contribution in [0.25, 0.3) is 0 Å². The number of unbranched alkanes of at least 4 members (excludes halogenated alkanes) is 1. The molecule has 1 amide bonds. The Morgan fingerprint density at radius 1 is 1.45 bits per heavy atom. The van der Waals surface area contributed by atoms with E-state index < -0.39 is 0 Å². The molecular formula is C15H21N3OS. The quantitative estimate of drug-likeness (QED) is 0.838. The third-order valence-corrected chi connectivity index (χ3v) is 4.64. The molecule has 20 heavy (non-hydrogen) atoms. The van der Waals surface area contributed by atoms with Crippen LogP contribution in [0, 0.1) is 11.3 Å². The third kappa shape index (κ3) is 3.59. The summed E-state index contributed by atoms with van der Waals surface area (Å²) in [6.45, 7) is 5.16. The maximum atomic E-state index is 12.0. The van der Waals surface area contributed by atoms with Crippen molar-refractivity contribution in [2.45, 2.75) is 32.2 Å². The van der Waals surface area contributed by atoms with Gasteiger partial charge >= 0.3 is 0 Å². The van der Waals surface area contributed by atoms with Gasteiger partial charge in [0.1, 0.15) is 6.04 Å². The maximum absolute atomic E-state index is 12.0. The van der Waals surface area contributed by atoms with E-state index >= 15 is 0 Å². The fourth-order valence-corrected chi connectivity index (χ4v) is 3.29. The molecule has 5 heteroatoms. The van der Waals surface area contributed by atoms with E-state index in [-0.39, 0.29) is 11.9 Å². The average Bonchev–Trinajstić information content (AvgIpc) is 3.00. The van der Waals surface area contributed by atoms with Crippen molar-refractivity contribution in [3.05, 3.63) is 22.4 Å². The Balaban J connectivity index is 1.87. The Morgan fingerprint density at radius 3 is 2.75 bits per heavy atom. The van der Waals surface area contributed by atoms with E-state index in [1.807, 2.05) is 22.4 Å². The van der Waals surface area contributed by atoms with Crippen LogP contribution in [0.1, 0.15) is 37.1 Å². The first-order chi connectivity index (χ1) is 9.76. The van der Waals surface area contributed by atoms with Gasteiger partial charge in [-0.3, -0.25) is 9.69 Å². The average molecular weight is 291 g/mol. The molecule has 2 heterocycles. The molecular weight excluding hydrogens is 270 g/mol. The number of piperazine rings is 1. The molecule has 0 bridgehead atoms. The number of thiophene rings is 1. The number of nitrogens with zero attached hydrogens (tertiary/aromatic N) is 3. The summed E-state index contributed by atoms with van der Waals surface area (Å²) in [5, 5.41) is 11.4. The predicted octanol–water partition coefficient (Wildman–Crippen LogP) is 2.65. The molecule has 1 saturated heterocycles. The van der Waals surface area contributed by atoms with Crippen LogP contribution >= 0.6 is 11.3 Å². The van der Waals surface area contributed by atoms with Gasteiger partial charge in [-0.25, -0.2) is 0 Å². The molecule has 1 aromatic rings. The smallest absolute Gasteiger partial charge is 0.222 e. The molecule has 0 radical (unpaired) electrons. The highest BCUT2D eigenvalue weighted by Gasteiger charge is 2.27. The zero-order valence-corrected chi connectivity index (χ0v) is 12.7. The van der Waals surface area contributed by atoms with Gasteiger partial charge in [0.2, 0.25) is 5.91 Å². The maximum Gasteiger partial charge on any atom is 0.222 e. The Labute approximate surface area is 124 Å². The monoisotopic (exact) mass is 291 g/mol. The van der Waals surface area contributed by atoms with Crippen LogP contribution in [0.2, 0.25) is 0 Å². The molecule has 1 aliphatic heterocycles. The van der Waals surface area contributed by atoms with Crippen LogP contribution in [0.5, 0.6) is 0 Å². The number of rotatable bonds is 5. The predicted molar refractivity (Wildman–Crippen MR) is 80.4 cm³/mol. The normalized spacial score (nSPS) is 17.7. The van der Waals surface area contributed by atoms with Crippen molar-refractivity contribution < 1.29 is 4.79 Å². The van der Waals surface area contributed by atoms with Crippen LogP contribution in [0.15, 0.2) is 17.5 Å². The van der Waals surface area contributed by atoms with E-state index in [1.54, 1.807) is 11.3 Å². The number of amides is 1. The molecule has 1 atom stereocenters. The van der Waals surface area contributed by atoms with Gasteiger partial charge in [-0.15, -0.1) is 11.3 Å². The largest absolute Gasteiger partial charge is 0.340 e. The fourth-order valence-electron chi connectivity index (χ4n) is 2.49. The summed E-state index contributed by atoms with van der Waals surface area (Å²) in [6, 6.07) is 6.21. The second-order valence-corrected chi connectivity index (χ2v) is 6.05. The van der Waals surface area contributed by atoms with E-state index in [1.165, 1.54) is 0 Å². The van der Waals surface area contributed by atoms with Crippen molar-refractivity contribution in [2.75, 3.05) is 26.2 Å². The van der Waals surface area contributed by atoms with Crippen LogP contribution in [-0.4, -0.2) is 41.9 Å². The van der Waals surface area contributed by atoms with E-state index in [0.717, 1.165) is 43.9 Å². The second-order valence-electron chi connectivity index (χ2n) is 5.07. The molecule has 2 rings (SSSR count). The summed E-state index contributed by atoms with van der Waals surface area (Å²) in [7, 11) is 0. The minimum atomic E-state index is -0.164. The van der Waals surface area contributed by atoms with Crippen LogP contribution in [0.4, 0.5) is 0 Å². The zero-order chi connectivity index (χ0) is 14.4. The molecule has 0 spiro atoms. The van der Waals surface area contributed by atoms with Crippen LogP contribution in [0.3, 0.4) is 0 Å². The van der Waals surface area contributed by atoms with Crippen LogP contribution in [-0.2, 0) is 4.79 Å². The van der Waals surface area contributed by atoms with Crippen molar-refractivity contribution in [3.63, 3.8) is 0 Å². The highest BCUT2D eigenvalue weighted by atomic mass is 32.1. The van der Waals surface area contributed by atoms with Gasteiger partial charge in [0.25, 0.3) is 0 Å². The highest BCUT2D eigenvalue weighted by molar-refractivity contribution is 7.10. The minimum absolute atomic E-state index is 0.164. The Morgan fingerprint density at radius 2 is 2.20 bits per heavy atom. The molecule has 1 aromatic heterocycles. The number of carbonyl (C=O) groups is 1. The molecule has 108 valence electrons. The highest BCUT2D eigenvalue weighted by Crippen LogP contribution is 2.25. The molecule has 1 fully saturated rings. The minimum Gasteiger partial charge on any atom is -0.340 e. The summed E-state index contributed by atoms with van der Waals surface area (Å²) in [5.41, 5.74) is 0. The first-order valence-corrected chi connectivity index (χ1v) is 8.09. The van der Waals surface area contributed by atoms with Crippen molar-refractivity contribution in [1.82, 2.24) is 9.80 Å². The number of hydrogen-bond acceptors (Lipinski definition) is 4. The number of carbonyl (C=O) groups excluding carboxylic acids is 1. The van der Waals surface area contributed by atoms with E-state index in [4.69, 9.17) is 0 Å². The number of nitriles is 1. The Bertz CT molecular complexity index is 458. The second kappa shape index (κ2) is 7.41. The Kier molecular flexibility index (Phi) is 5.57. The molecule has 4 nitrogen and oxygen atoms in total. The molecule has 0 aromatic carbocycles. The zero-order valence-electron chi connectivity index (χ0n) is 11.9. The molecule has 1 unspecified atom stereocenters. The van der Waals surface area contributed by atoms with Crippen molar-refractivity contribution >= 4 is 17.2 Å². The van der Waals surface area contributed by atoms with Crippen LogP contribution < -0.4 is 0 Å². The topological polar surface area (TPSA) is 47.3 Å². The summed E-state index contributed by atoms with van der Waals surface area (Å²) in [5.74, 6) is 0.260. The third-order valence-electron chi connectivity index (χ3n) is 3.71. The van der Waals surface area contributed by atoms with Gasteiger partial charge in [0, 0.05) is 37.5 Å². The van der Waals surface area contributed by atoms with Gasteiger partial charge in [0.15, 0.2) is 0 Å². The van der Waals surface area contributed by atoms with Gasteiger partial charge in [-0.2, -0.15) is 5.26 Å².